The Hall–Kier alpha value is 5.15. The molecule has 6 heavy (non-hydrogen) atoms. The van der Waals surface area contributed by atoms with Crippen LogP contribution in [0.2, 0.25) is 0 Å². The Bertz CT molecular complexity index is 22.0. The fraction of sp³-hybridized carbons (Fsp3) is 0. The number of halogens is 1. The van der Waals surface area contributed by atoms with E-state index >= 15 is 0 Å². The van der Waals surface area contributed by atoms with Crippen LogP contribution in [0, 0.1) is 36.9 Å². The van der Waals surface area contributed by atoms with Crippen molar-refractivity contribution in [3.8, 4) is 0 Å². The van der Waals surface area contributed by atoms with Crippen molar-refractivity contribution in [2.75, 3.05) is 0 Å². The van der Waals surface area contributed by atoms with E-state index in [-0.39, 0.29) is 166 Å². The Morgan fingerprint density at radius 1 is 1.17 bits per heavy atom. The minimum Gasteiger partial charge on any atom is -1.00 e. The summed E-state index contributed by atoms with van der Waals surface area (Å²) >= 11 is 0. The third-order valence-electron chi connectivity index (χ3n) is 0. The first-order chi connectivity index (χ1) is 0. The molecule has 0 aliphatic heterocycles. The molecule has 35 valence electrons. The van der Waals surface area contributed by atoms with E-state index in [0.717, 1.165) is 0 Å². The van der Waals surface area contributed by atoms with Crippen molar-refractivity contribution >= 4 is 66.2 Å². The van der Waals surface area contributed by atoms with Gasteiger partial charge in [0.2, 0.25) is 0 Å². The van der Waals surface area contributed by atoms with Gasteiger partial charge in [-0.1, -0.05) is 0 Å². The van der Waals surface area contributed by atoms with Gasteiger partial charge in [-0.15, -0.1) is 0 Å². The van der Waals surface area contributed by atoms with Crippen molar-refractivity contribution in [3.05, 3.63) is 0 Å². The van der Waals surface area contributed by atoms with Crippen LogP contribution in [-0.4, -0.2) is 66.2 Å². The van der Waals surface area contributed by atoms with E-state index in [1.165, 1.54) is 0 Å². The normalized spacial score (nSPS) is 0. The van der Waals surface area contributed by atoms with E-state index in [1.807, 2.05) is 0 Å². The molecule has 0 aliphatic carbocycles. The van der Waals surface area contributed by atoms with Gasteiger partial charge < -0.3 is 7.56 Å². The number of rotatable bonds is 0. The van der Waals surface area contributed by atoms with Gasteiger partial charge >= 0.3 is 78.4 Å². The maximum Gasteiger partial charge on any atom is 2.00 e. The molecule has 0 heterocycles. The summed E-state index contributed by atoms with van der Waals surface area (Å²) in [6, 6.07) is 0. The van der Waals surface area contributed by atoms with Gasteiger partial charge in [-0.25, -0.2) is 0 Å². The van der Waals surface area contributed by atoms with Gasteiger partial charge in [0.05, 0.1) is 0 Å². The van der Waals surface area contributed by atoms with E-state index in [9.17, 15) is 0 Å². The standard InChI is InChI=1S/Al.Ba.FH.Na.Tm.Zr.5H/h;;1H;;;;;;;;/q;+2;;+1;;;;;;2*-1/p-1. The van der Waals surface area contributed by atoms with Gasteiger partial charge in [-0.05, 0) is 0 Å². The fourth-order valence-corrected chi connectivity index (χ4v) is 0. The van der Waals surface area contributed by atoms with Gasteiger partial charge in [0.1, 0.15) is 0 Å². The zero-order chi connectivity index (χ0) is 0. The molecular formula is H5AlBaFNaTmZr. The molecule has 0 nitrogen and oxygen atoms in total. The summed E-state index contributed by atoms with van der Waals surface area (Å²) in [7, 11) is 0. The van der Waals surface area contributed by atoms with Crippen LogP contribution in [0.1, 0.15) is 2.85 Å². The maximum atomic E-state index is 0. The van der Waals surface area contributed by atoms with Gasteiger partial charge in [0.15, 0.2) is 17.4 Å². The average Bonchev–Trinajstić information content (AvgIpc) is 0. The average molecular weight is 471 g/mol. The maximum absolute atomic E-state index is 0. The van der Waals surface area contributed by atoms with Crippen molar-refractivity contribution in [1.82, 2.24) is 0 Å². The summed E-state index contributed by atoms with van der Waals surface area (Å²) in [6.07, 6.45) is 0. The van der Waals surface area contributed by atoms with Crippen LogP contribution in [0.15, 0.2) is 0 Å². The molecule has 0 fully saturated rings. The zero-order valence-corrected chi connectivity index (χ0v) is 13.5. The predicted octanol–water partition coefficient (Wildman–Crippen LogP) is -7.33. The van der Waals surface area contributed by atoms with E-state index in [2.05, 4.69) is 0 Å². The molecule has 0 amide bonds. The summed E-state index contributed by atoms with van der Waals surface area (Å²) in [6.45, 7) is 0. The van der Waals surface area contributed by atoms with Gasteiger partial charge in [-0.3, -0.25) is 0 Å². The van der Waals surface area contributed by atoms with Crippen LogP contribution in [0.3, 0.4) is 0 Å². The molecule has 0 saturated carbocycles. The van der Waals surface area contributed by atoms with Crippen molar-refractivity contribution in [2.45, 2.75) is 0 Å². The van der Waals surface area contributed by atoms with Crippen molar-refractivity contribution in [3.63, 3.8) is 0 Å². The molecular weight excluding hydrogens is 466 g/mol. The van der Waals surface area contributed by atoms with Crippen molar-refractivity contribution < 1.29 is 100 Å². The van der Waals surface area contributed by atoms with E-state index in [0.29, 0.717) is 0 Å². The van der Waals surface area contributed by atoms with Gasteiger partial charge in [0, 0.05) is 63.1 Å². The topological polar surface area (TPSA) is 0 Å². The molecule has 0 spiro atoms. The Kier molecular flexibility index (Phi) is 231. The monoisotopic (exact) mass is 471 g/mol. The van der Waals surface area contributed by atoms with E-state index in [1.54, 1.807) is 0 Å². The molecule has 0 atom stereocenters. The van der Waals surface area contributed by atoms with Crippen molar-refractivity contribution in [1.29, 1.82) is 0 Å². The van der Waals surface area contributed by atoms with Crippen LogP contribution in [-0.2, 0) is 26.2 Å². The molecule has 0 aromatic carbocycles. The van der Waals surface area contributed by atoms with Crippen LogP contribution < -0.4 is 34.3 Å². The predicted molar refractivity (Wildman–Crippen MR) is 17.9 cm³/mol. The molecule has 0 saturated heterocycles. The summed E-state index contributed by atoms with van der Waals surface area (Å²) in [5.41, 5.74) is 0. The van der Waals surface area contributed by atoms with Crippen LogP contribution in [0.25, 0.3) is 0 Å². The molecule has 0 unspecified atom stereocenters. The molecule has 0 aromatic rings. The van der Waals surface area contributed by atoms with Crippen LogP contribution >= 0.6 is 0 Å². The number of hydrogen-bond acceptors (Lipinski definition) is 0. The molecule has 0 aliphatic rings. The largest absolute Gasteiger partial charge is 2.00 e. The van der Waals surface area contributed by atoms with Crippen molar-refractivity contribution in [2.24, 2.45) is 0 Å². The zero-order valence-electron chi connectivity index (χ0n) is 4.86. The summed E-state index contributed by atoms with van der Waals surface area (Å²) in [5.74, 6) is 0. The third kappa shape index (κ3) is 22.9. The first kappa shape index (κ1) is 43.3. The van der Waals surface area contributed by atoms with Crippen LogP contribution in [0.5, 0.6) is 0 Å². The molecule has 1 radical (unpaired) electrons. The SMILES string of the molecule is [AlH3].[Ba+2].[F-].[H-].[H-].[Na+].[Tm].[Zr]. The molecule has 0 bridgehead atoms. The second kappa shape index (κ2) is 32.0. The first-order valence-corrected chi connectivity index (χ1v) is 0. The molecule has 6 heteroatoms. The summed E-state index contributed by atoms with van der Waals surface area (Å²) in [4.78, 5) is 0. The smallest absolute Gasteiger partial charge is 1.00 e. The minimum absolute atomic E-state index is 0. The summed E-state index contributed by atoms with van der Waals surface area (Å²) in [5, 5.41) is 0. The van der Waals surface area contributed by atoms with Crippen LogP contribution in [0.4, 0.5) is 0 Å². The minimum atomic E-state index is 0. The molecule has 0 aromatic heterocycles. The quantitative estimate of drug-likeness (QED) is 0.308. The van der Waals surface area contributed by atoms with E-state index < -0.39 is 0 Å². The summed E-state index contributed by atoms with van der Waals surface area (Å²) < 4.78 is 0. The molecule has 0 rings (SSSR count). The second-order valence-corrected chi connectivity index (χ2v) is 0. The number of hydrogen-bond donors (Lipinski definition) is 0. The van der Waals surface area contributed by atoms with E-state index in [4.69, 9.17) is 0 Å². The first-order valence-electron chi connectivity index (χ1n) is 0. The molecule has 0 N–H and O–H groups in total. The fourth-order valence-electron chi connectivity index (χ4n) is 0. The second-order valence-electron chi connectivity index (χ2n) is 0. The Balaban J connectivity index is 0. The Morgan fingerprint density at radius 3 is 1.17 bits per heavy atom. The van der Waals surface area contributed by atoms with Gasteiger partial charge in [0.25, 0.3) is 0 Å². The third-order valence-corrected chi connectivity index (χ3v) is 0. The Labute approximate surface area is 161 Å². The Morgan fingerprint density at radius 2 is 1.17 bits per heavy atom. The van der Waals surface area contributed by atoms with Gasteiger partial charge in [-0.2, -0.15) is 0 Å².